The summed E-state index contributed by atoms with van der Waals surface area (Å²) in [4.78, 5) is 7.13. The molecule has 20 heavy (non-hydrogen) atoms. The molecule has 0 fully saturated rings. The maximum Gasteiger partial charge on any atom is 0.433 e. The number of halogens is 3. The molecule has 0 saturated carbocycles. The van der Waals surface area contributed by atoms with Crippen molar-refractivity contribution >= 4 is 5.95 Å². The third-order valence-corrected chi connectivity index (χ3v) is 2.63. The minimum absolute atomic E-state index is 0.178. The molecule has 1 atom stereocenters. The largest absolute Gasteiger partial charge is 0.433 e. The first-order valence-corrected chi connectivity index (χ1v) is 5.83. The number of nitrogens with zero attached hydrogens (tertiary/aromatic N) is 2. The Balaban J connectivity index is 2.20. The maximum atomic E-state index is 12.5. The fraction of sp³-hybridized carbons (Fsp3) is 0.231. The van der Waals surface area contributed by atoms with Gasteiger partial charge in [-0.25, -0.2) is 9.97 Å². The predicted molar refractivity (Wildman–Crippen MR) is 66.9 cm³/mol. The van der Waals surface area contributed by atoms with Crippen LogP contribution >= 0.6 is 0 Å². The van der Waals surface area contributed by atoms with Gasteiger partial charge < -0.3 is 10.4 Å². The van der Waals surface area contributed by atoms with Crippen LogP contribution in [-0.4, -0.2) is 21.7 Å². The van der Waals surface area contributed by atoms with Crippen molar-refractivity contribution in [2.24, 2.45) is 0 Å². The second-order valence-electron chi connectivity index (χ2n) is 4.05. The first-order chi connectivity index (χ1) is 9.50. The number of hydrogen-bond donors (Lipinski definition) is 2. The summed E-state index contributed by atoms with van der Waals surface area (Å²) in [7, 11) is 0. The fourth-order valence-corrected chi connectivity index (χ4v) is 1.66. The summed E-state index contributed by atoms with van der Waals surface area (Å²) in [5.74, 6) is -0.178. The average molecular weight is 283 g/mol. The average Bonchev–Trinajstić information content (AvgIpc) is 2.45. The SMILES string of the molecule is OC[C@H](Nc1nccc(C(F)(F)F)n1)c1ccccc1. The molecule has 1 aromatic carbocycles. The Labute approximate surface area is 113 Å². The molecule has 0 saturated heterocycles. The zero-order chi connectivity index (χ0) is 14.6. The Morgan fingerprint density at radius 2 is 1.85 bits per heavy atom. The maximum absolute atomic E-state index is 12.5. The van der Waals surface area contributed by atoms with Crippen molar-refractivity contribution in [1.29, 1.82) is 0 Å². The van der Waals surface area contributed by atoms with Crippen LogP contribution in [-0.2, 0) is 6.18 Å². The van der Waals surface area contributed by atoms with E-state index in [1.54, 1.807) is 30.3 Å². The highest BCUT2D eigenvalue weighted by atomic mass is 19.4. The van der Waals surface area contributed by atoms with Crippen LogP contribution in [0.3, 0.4) is 0 Å². The summed E-state index contributed by atoms with van der Waals surface area (Å²) in [5.41, 5.74) is -0.296. The van der Waals surface area contributed by atoms with Crippen molar-refractivity contribution in [2.75, 3.05) is 11.9 Å². The van der Waals surface area contributed by atoms with E-state index in [1.807, 2.05) is 0 Å². The Kier molecular flexibility index (Phi) is 4.19. The van der Waals surface area contributed by atoms with Crippen molar-refractivity contribution in [3.05, 3.63) is 53.9 Å². The lowest BCUT2D eigenvalue weighted by molar-refractivity contribution is -0.141. The third kappa shape index (κ3) is 3.45. The number of aliphatic hydroxyl groups excluding tert-OH is 1. The molecule has 1 aromatic heterocycles. The highest BCUT2D eigenvalue weighted by molar-refractivity contribution is 5.33. The Bertz CT molecular complexity index is 560. The smallest absolute Gasteiger partial charge is 0.394 e. The van der Waals surface area contributed by atoms with Crippen LogP contribution in [0.25, 0.3) is 0 Å². The molecule has 1 heterocycles. The van der Waals surface area contributed by atoms with Crippen LogP contribution in [0.15, 0.2) is 42.6 Å². The van der Waals surface area contributed by atoms with Crippen molar-refractivity contribution < 1.29 is 18.3 Å². The van der Waals surface area contributed by atoms with Crippen LogP contribution in [0.4, 0.5) is 19.1 Å². The topological polar surface area (TPSA) is 58.0 Å². The lowest BCUT2D eigenvalue weighted by Gasteiger charge is -2.17. The van der Waals surface area contributed by atoms with Gasteiger partial charge in [-0.1, -0.05) is 30.3 Å². The number of rotatable bonds is 4. The molecule has 0 bridgehead atoms. The van der Waals surface area contributed by atoms with Crippen molar-refractivity contribution in [2.45, 2.75) is 12.2 Å². The molecule has 0 spiro atoms. The standard InChI is InChI=1S/C13H12F3N3O/c14-13(15,16)11-6-7-17-12(19-11)18-10(8-20)9-4-2-1-3-5-9/h1-7,10,20H,8H2,(H,17,18,19)/t10-/m0/s1. The Hall–Kier alpha value is -2.15. The summed E-state index contributed by atoms with van der Waals surface area (Å²) in [5, 5.41) is 12.0. The van der Waals surface area contributed by atoms with Gasteiger partial charge in [0.15, 0.2) is 0 Å². The number of alkyl halides is 3. The van der Waals surface area contributed by atoms with Crippen LogP contribution in [0.1, 0.15) is 17.3 Å². The molecule has 0 aliphatic rings. The number of nitrogens with one attached hydrogen (secondary N) is 1. The molecule has 4 nitrogen and oxygen atoms in total. The van der Waals surface area contributed by atoms with Gasteiger partial charge in [0.05, 0.1) is 12.6 Å². The van der Waals surface area contributed by atoms with Crippen molar-refractivity contribution in [3.8, 4) is 0 Å². The van der Waals surface area contributed by atoms with E-state index in [0.29, 0.717) is 0 Å². The number of aliphatic hydroxyl groups is 1. The van der Waals surface area contributed by atoms with Gasteiger partial charge in [-0.2, -0.15) is 13.2 Å². The van der Waals surface area contributed by atoms with Crippen LogP contribution < -0.4 is 5.32 Å². The summed E-state index contributed by atoms with van der Waals surface area (Å²) in [6, 6.07) is 9.07. The molecule has 0 aliphatic carbocycles. The van der Waals surface area contributed by atoms with E-state index in [0.717, 1.165) is 17.8 Å². The monoisotopic (exact) mass is 283 g/mol. The summed E-state index contributed by atoms with van der Waals surface area (Å²) in [6.07, 6.45) is -3.50. The van der Waals surface area contributed by atoms with Gasteiger partial charge in [-0.3, -0.25) is 0 Å². The fourth-order valence-electron chi connectivity index (χ4n) is 1.66. The van der Waals surface area contributed by atoms with Gasteiger partial charge in [-0.15, -0.1) is 0 Å². The Morgan fingerprint density at radius 1 is 1.15 bits per heavy atom. The van der Waals surface area contributed by atoms with Crippen LogP contribution in [0, 0.1) is 0 Å². The van der Waals surface area contributed by atoms with Crippen LogP contribution in [0.5, 0.6) is 0 Å². The van der Waals surface area contributed by atoms with Crippen molar-refractivity contribution in [1.82, 2.24) is 9.97 Å². The Morgan fingerprint density at radius 3 is 2.45 bits per heavy atom. The van der Waals surface area contributed by atoms with Gasteiger partial charge in [0.25, 0.3) is 0 Å². The third-order valence-electron chi connectivity index (χ3n) is 2.63. The van der Waals surface area contributed by atoms with E-state index in [2.05, 4.69) is 15.3 Å². The second-order valence-corrected chi connectivity index (χ2v) is 4.05. The minimum atomic E-state index is -4.53. The van der Waals surface area contributed by atoms with Gasteiger partial charge in [0.2, 0.25) is 5.95 Å². The molecule has 2 rings (SSSR count). The zero-order valence-corrected chi connectivity index (χ0v) is 10.3. The van der Waals surface area contributed by atoms with Gasteiger partial charge in [-0.05, 0) is 11.6 Å². The van der Waals surface area contributed by atoms with Gasteiger partial charge >= 0.3 is 6.18 Å². The molecule has 0 unspecified atom stereocenters. The molecular weight excluding hydrogens is 271 g/mol. The first kappa shape index (κ1) is 14.3. The highest BCUT2D eigenvalue weighted by Gasteiger charge is 2.32. The molecule has 0 radical (unpaired) electrons. The van der Waals surface area contributed by atoms with E-state index < -0.39 is 17.9 Å². The number of hydrogen-bond acceptors (Lipinski definition) is 4. The predicted octanol–water partition coefficient (Wildman–Crippen LogP) is 2.64. The lowest BCUT2D eigenvalue weighted by Crippen LogP contribution is -2.18. The molecule has 2 aromatic rings. The van der Waals surface area contributed by atoms with Crippen LogP contribution in [0.2, 0.25) is 0 Å². The van der Waals surface area contributed by atoms with Crippen molar-refractivity contribution in [3.63, 3.8) is 0 Å². The van der Waals surface area contributed by atoms with Gasteiger partial charge in [0, 0.05) is 6.20 Å². The highest BCUT2D eigenvalue weighted by Crippen LogP contribution is 2.28. The van der Waals surface area contributed by atoms with E-state index in [1.165, 1.54) is 0 Å². The summed E-state index contributed by atoms with van der Waals surface area (Å²) >= 11 is 0. The molecule has 0 amide bonds. The molecule has 7 heteroatoms. The number of benzene rings is 1. The van der Waals surface area contributed by atoms with E-state index in [9.17, 15) is 18.3 Å². The van der Waals surface area contributed by atoms with E-state index in [-0.39, 0.29) is 12.6 Å². The number of anilines is 1. The van der Waals surface area contributed by atoms with Gasteiger partial charge in [0.1, 0.15) is 5.69 Å². The minimum Gasteiger partial charge on any atom is -0.394 e. The number of aromatic nitrogens is 2. The van der Waals surface area contributed by atoms with E-state index >= 15 is 0 Å². The molecule has 2 N–H and O–H groups in total. The molecular formula is C13H12F3N3O. The summed E-state index contributed by atoms with van der Waals surface area (Å²) in [6.45, 7) is -0.288. The second kappa shape index (κ2) is 5.87. The quantitative estimate of drug-likeness (QED) is 0.905. The molecule has 0 aliphatic heterocycles. The zero-order valence-electron chi connectivity index (χ0n) is 10.3. The normalized spacial score (nSPS) is 13.0. The summed E-state index contributed by atoms with van der Waals surface area (Å²) < 4.78 is 37.6. The molecule has 106 valence electrons. The first-order valence-electron chi connectivity index (χ1n) is 5.83. The van der Waals surface area contributed by atoms with E-state index in [4.69, 9.17) is 0 Å². The lowest BCUT2D eigenvalue weighted by atomic mass is 10.1.